The summed E-state index contributed by atoms with van der Waals surface area (Å²) in [5.74, 6) is -2.50. The fraction of sp³-hybridized carbons (Fsp3) is 0.500. The Balaban J connectivity index is 4.27. The second kappa shape index (κ2) is 7.44. The molecule has 0 rings (SSSR count). The predicted octanol–water partition coefficient (Wildman–Crippen LogP) is 0.512. The molecule has 6 nitrogen and oxygen atoms in total. The maximum absolute atomic E-state index is 11.3. The molecule has 1 N–H and O–H groups in total. The van der Waals surface area contributed by atoms with Gasteiger partial charge in [0.2, 0.25) is 0 Å². The van der Waals surface area contributed by atoms with Crippen molar-refractivity contribution in [3.63, 3.8) is 0 Å². The summed E-state index contributed by atoms with van der Waals surface area (Å²) in [7, 11) is 0. The molecule has 0 spiro atoms. The van der Waals surface area contributed by atoms with Crippen molar-refractivity contribution in [3.8, 4) is 0 Å². The van der Waals surface area contributed by atoms with E-state index in [0.717, 1.165) is 6.92 Å². The number of carbonyl (C=O) groups is 3. The number of rotatable bonds is 7. The smallest absolute Gasteiger partial charge is 0.347 e. The average Bonchev–Trinajstić information content (AvgIpc) is 2.19. The molecule has 0 bridgehead atoms. The van der Waals surface area contributed by atoms with Crippen LogP contribution in [0.4, 0.5) is 0 Å². The highest BCUT2D eigenvalue weighted by molar-refractivity contribution is 5.79. The Morgan fingerprint density at radius 2 is 2.06 bits per heavy atom. The minimum Gasteiger partial charge on any atom is -0.481 e. The molecular weight excluding hydrogens is 216 g/mol. The maximum atomic E-state index is 11.3. The lowest BCUT2D eigenvalue weighted by Crippen LogP contribution is -2.29. The van der Waals surface area contributed by atoms with Gasteiger partial charge in [-0.15, -0.1) is 0 Å². The number of carboxylic acids is 1. The number of hydrogen-bond donors (Lipinski definition) is 1. The van der Waals surface area contributed by atoms with E-state index in [1.807, 2.05) is 0 Å². The zero-order chi connectivity index (χ0) is 12.6. The summed E-state index contributed by atoms with van der Waals surface area (Å²) in [5.41, 5.74) is 0. The molecule has 0 aliphatic carbocycles. The molecule has 90 valence electrons. The van der Waals surface area contributed by atoms with E-state index in [0.29, 0.717) is 0 Å². The third-order valence-electron chi connectivity index (χ3n) is 1.53. The van der Waals surface area contributed by atoms with Crippen LogP contribution in [0.2, 0.25) is 0 Å². The van der Waals surface area contributed by atoms with Crippen LogP contribution in [0.5, 0.6) is 0 Å². The van der Waals surface area contributed by atoms with E-state index < -0.39 is 24.0 Å². The Hall–Kier alpha value is -1.85. The minimum absolute atomic E-state index is 0.0102. The third-order valence-corrected chi connectivity index (χ3v) is 1.53. The highest BCUT2D eigenvalue weighted by atomic mass is 16.6. The van der Waals surface area contributed by atoms with E-state index in [9.17, 15) is 14.4 Å². The number of carbonyl (C=O) groups excluding carboxylic acids is 2. The zero-order valence-corrected chi connectivity index (χ0v) is 8.97. The molecule has 0 aromatic rings. The molecule has 0 saturated carbocycles. The summed E-state index contributed by atoms with van der Waals surface area (Å²) in [6.45, 7) is 4.47. The van der Waals surface area contributed by atoms with Gasteiger partial charge in [0.05, 0.1) is 0 Å². The molecule has 6 heteroatoms. The monoisotopic (exact) mass is 230 g/mol. The van der Waals surface area contributed by atoms with Crippen LogP contribution in [0.3, 0.4) is 0 Å². The van der Waals surface area contributed by atoms with Gasteiger partial charge in [0.15, 0.2) is 6.10 Å². The highest BCUT2D eigenvalue weighted by Gasteiger charge is 2.23. The summed E-state index contributed by atoms with van der Waals surface area (Å²) < 4.78 is 9.31. The first-order valence-corrected chi connectivity index (χ1v) is 4.64. The molecule has 0 aromatic carbocycles. The fourth-order valence-electron chi connectivity index (χ4n) is 0.914. The fourth-order valence-corrected chi connectivity index (χ4v) is 0.914. The van der Waals surface area contributed by atoms with Gasteiger partial charge >= 0.3 is 17.9 Å². The Kier molecular flexibility index (Phi) is 6.58. The van der Waals surface area contributed by atoms with E-state index in [1.54, 1.807) is 0 Å². The predicted molar refractivity (Wildman–Crippen MR) is 53.6 cm³/mol. The van der Waals surface area contributed by atoms with Crippen molar-refractivity contribution in [1.29, 1.82) is 0 Å². The summed E-state index contributed by atoms with van der Waals surface area (Å²) in [5, 5.41) is 8.45. The molecule has 0 aliphatic heterocycles. The quantitative estimate of drug-likeness (QED) is 0.506. The first-order chi connectivity index (χ1) is 7.47. The van der Waals surface area contributed by atoms with Crippen LogP contribution in [0.15, 0.2) is 12.7 Å². The molecule has 16 heavy (non-hydrogen) atoms. The first-order valence-electron chi connectivity index (χ1n) is 4.64. The van der Waals surface area contributed by atoms with Crippen molar-refractivity contribution in [1.82, 2.24) is 0 Å². The van der Waals surface area contributed by atoms with E-state index in [2.05, 4.69) is 16.1 Å². The molecule has 0 saturated heterocycles. The van der Waals surface area contributed by atoms with Gasteiger partial charge in [-0.3, -0.25) is 9.59 Å². The van der Waals surface area contributed by atoms with Crippen LogP contribution in [0, 0.1) is 0 Å². The molecule has 1 atom stereocenters. The van der Waals surface area contributed by atoms with Crippen LogP contribution in [-0.4, -0.2) is 35.7 Å². The second-order valence-electron chi connectivity index (χ2n) is 2.95. The Morgan fingerprint density at radius 1 is 1.44 bits per heavy atom. The van der Waals surface area contributed by atoms with E-state index in [1.165, 1.54) is 6.08 Å². The first kappa shape index (κ1) is 14.2. The highest BCUT2D eigenvalue weighted by Crippen LogP contribution is 2.06. The average molecular weight is 230 g/mol. The van der Waals surface area contributed by atoms with Gasteiger partial charge in [-0.25, -0.2) is 4.79 Å². The van der Waals surface area contributed by atoms with Crippen LogP contribution in [0.25, 0.3) is 0 Å². The van der Waals surface area contributed by atoms with Gasteiger partial charge in [0.1, 0.15) is 6.61 Å². The Labute approximate surface area is 92.8 Å². The number of ether oxygens (including phenoxy) is 2. The third kappa shape index (κ3) is 6.58. The van der Waals surface area contributed by atoms with Gasteiger partial charge in [-0.1, -0.05) is 12.7 Å². The standard InChI is InChI=1S/C10H14O6/c1-3-6-15-10(14)8(16-7(2)11)4-5-9(12)13/h3,8H,1,4-6H2,2H3,(H,12,13). The van der Waals surface area contributed by atoms with Crippen LogP contribution < -0.4 is 0 Å². The molecule has 1 unspecified atom stereocenters. The minimum atomic E-state index is -1.17. The van der Waals surface area contributed by atoms with Crippen LogP contribution in [0.1, 0.15) is 19.8 Å². The van der Waals surface area contributed by atoms with Crippen LogP contribution in [-0.2, 0) is 23.9 Å². The van der Waals surface area contributed by atoms with Crippen molar-refractivity contribution in [3.05, 3.63) is 12.7 Å². The van der Waals surface area contributed by atoms with Gasteiger partial charge in [0.25, 0.3) is 0 Å². The van der Waals surface area contributed by atoms with Crippen molar-refractivity contribution in [2.45, 2.75) is 25.9 Å². The van der Waals surface area contributed by atoms with E-state index >= 15 is 0 Å². The van der Waals surface area contributed by atoms with Crippen molar-refractivity contribution in [2.24, 2.45) is 0 Å². The van der Waals surface area contributed by atoms with E-state index in [-0.39, 0.29) is 19.4 Å². The lowest BCUT2D eigenvalue weighted by Gasteiger charge is -2.14. The largest absolute Gasteiger partial charge is 0.481 e. The van der Waals surface area contributed by atoms with Crippen molar-refractivity contribution in [2.75, 3.05) is 6.61 Å². The molecule has 0 aromatic heterocycles. The maximum Gasteiger partial charge on any atom is 0.347 e. The van der Waals surface area contributed by atoms with Crippen LogP contribution >= 0.6 is 0 Å². The number of carboxylic acid groups (broad SMARTS) is 1. The number of aliphatic carboxylic acids is 1. The summed E-state index contributed by atoms with van der Waals surface area (Å²) in [4.78, 5) is 32.3. The normalized spacial score (nSPS) is 11.3. The van der Waals surface area contributed by atoms with E-state index in [4.69, 9.17) is 5.11 Å². The second-order valence-corrected chi connectivity index (χ2v) is 2.95. The topological polar surface area (TPSA) is 89.9 Å². The van der Waals surface area contributed by atoms with Gasteiger partial charge < -0.3 is 14.6 Å². The number of esters is 2. The lowest BCUT2D eigenvalue weighted by molar-refractivity contribution is -0.166. The Morgan fingerprint density at radius 3 is 2.50 bits per heavy atom. The molecule has 0 aliphatic rings. The van der Waals surface area contributed by atoms with Gasteiger partial charge in [-0.2, -0.15) is 0 Å². The van der Waals surface area contributed by atoms with Gasteiger partial charge in [-0.05, 0) is 0 Å². The molecule has 0 heterocycles. The summed E-state index contributed by atoms with van der Waals surface area (Å²) >= 11 is 0. The zero-order valence-electron chi connectivity index (χ0n) is 8.97. The lowest BCUT2D eigenvalue weighted by atomic mass is 10.2. The van der Waals surface area contributed by atoms with Crippen molar-refractivity contribution < 1.29 is 29.0 Å². The molecule has 0 radical (unpaired) electrons. The SMILES string of the molecule is C=CCOC(=O)C(CCC(=O)O)OC(C)=O. The number of hydrogen-bond acceptors (Lipinski definition) is 5. The van der Waals surface area contributed by atoms with Gasteiger partial charge in [0, 0.05) is 19.8 Å². The van der Waals surface area contributed by atoms with Crippen molar-refractivity contribution >= 4 is 17.9 Å². The molecule has 0 fully saturated rings. The summed E-state index contributed by atoms with van der Waals surface area (Å²) in [6, 6.07) is 0. The molecular formula is C10H14O6. The Bertz CT molecular complexity index is 283. The summed E-state index contributed by atoms with van der Waals surface area (Å²) in [6.07, 6.45) is -0.195. The molecule has 0 amide bonds.